The second kappa shape index (κ2) is 11.2. The Balaban J connectivity index is 1.39. The standard InChI is InChI=1S/C28H35F2N5O2S/c1-17(2)19-10-12-34(13-11-19)38(37)22-8-9-24(18(3)14-22)32-28-31-16-20-15-23(25(29)30)27(36)35(26(20)33-28)21-6-4-5-7-21/h8-9,14-17,19,21,25H,4-7,10-13H2,1-3H3,(H,31,32,33). The molecule has 38 heavy (non-hydrogen) atoms. The number of aryl methyl sites for hydroxylation is 1. The zero-order valence-corrected chi connectivity index (χ0v) is 22.9. The molecule has 1 N–H and O–H groups in total. The quantitative estimate of drug-likeness (QED) is 0.379. The Morgan fingerprint density at radius 2 is 1.79 bits per heavy atom. The minimum atomic E-state index is -2.86. The second-order valence-corrected chi connectivity index (χ2v) is 12.3. The molecule has 0 spiro atoms. The third kappa shape index (κ3) is 5.38. The minimum absolute atomic E-state index is 0.145. The molecule has 1 aliphatic heterocycles. The van der Waals surface area contributed by atoms with Gasteiger partial charge in [0.2, 0.25) is 5.95 Å². The molecule has 1 unspecified atom stereocenters. The zero-order chi connectivity index (χ0) is 27.0. The van der Waals surface area contributed by atoms with Gasteiger partial charge in [0.25, 0.3) is 12.0 Å². The highest BCUT2D eigenvalue weighted by molar-refractivity contribution is 7.82. The topological polar surface area (TPSA) is 80.1 Å². The summed E-state index contributed by atoms with van der Waals surface area (Å²) in [6, 6.07) is 6.69. The number of fused-ring (bicyclic) bond motifs is 1. The van der Waals surface area contributed by atoms with Crippen molar-refractivity contribution >= 4 is 33.7 Å². The van der Waals surface area contributed by atoms with E-state index in [2.05, 4.69) is 29.1 Å². The summed E-state index contributed by atoms with van der Waals surface area (Å²) in [4.78, 5) is 22.7. The zero-order valence-electron chi connectivity index (χ0n) is 22.1. The lowest BCUT2D eigenvalue weighted by atomic mass is 9.87. The monoisotopic (exact) mass is 543 g/mol. The number of hydrogen-bond donors (Lipinski definition) is 1. The Hall–Kier alpha value is -2.72. The van der Waals surface area contributed by atoms with E-state index in [-0.39, 0.29) is 12.0 Å². The van der Waals surface area contributed by atoms with Crippen molar-refractivity contribution < 1.29 is 13.0 Å². The molecular weight excluding hydrogens is 508 g/mol. The number of rotatable bonds is 7. The summed E-state index contributed by atoms with van der Waals surface area (Å²) < 4.78 is 43.9. The molecule has 2 aromatic heterocycles. The van der Waals surface area contributed by atoms with Gasteiger partial charge in [-0.3, -0.25) is 9.36 Å². The van der Waals surface area contributed by atoms with E-state index < -0.39 is 28.5 Å². The smallest absolute Gasteiger partial charge is 0.269 e. The van der Waals surface area contributed by atoms with Gasteiger partial charge < -0.3 is 5.32 Å². The van der Waals surface area contributed by atoms with Gasteiger partial charge in [0, 0.05) is 36.4 Å². The highest BCUT2D eigenvalue weighted by Gasteiger charge is 2.27. The van der Waals surface area contributed by atoms with Gasteiger partial charge >= 0.3 is 0 Å². The Labute approximate surface area is 224 Å². The lowest BCUT2D eigenvalue weighted by molar-refractivity contribution is 0.149. The normalized spacial score (nSPS) is 18.6. The van der Waals surface area contributed by atoms with Gasteiger partial charge in [-0.25, -0.2) is 22.3 Å². The molecule has 1 saturated carbocycles. The first-order valence-electron chi connectivity index (χ1n) is 13.5. The summed E-state index contributed by atoms with van der Waals surface area (Å²) in [6.45, 7) is 8.09. The molecule has 5 rings (SSSR count). The summed E-state index contributed by atoms with van der Waals surface area (Å²) in [6.07, 6.45) is 4.19. The maximum Gasteiger partial charge on any atom is 0.269 e. The summed E-state index contributed by atoms with van der Waals surface area (Å²) in [7, 11) is -1.22. The van der Waals surface area contributed by atoms with Crippen LogP contribution < -0.4 is 10.9 Å². The van der Waals surface area contributed by atoms with Crippen molar-refractivity contribution in [3.05, 3.63) is 51.9 Å². The second-order valence-electron chi connectivity index (χ2n) is 10.8. The third-order valence-electron chi connectivity index (χ3n) is 8.05. The first-order valence-corrected chi connectivity index (χ1v) is 14.6. The van der Waals surface area contributed by atoms with E-state index in [1.165, 1.54) is 16.8 Å². The van der Waals surface area contributed by atoms with E-state index in [1.54, 1.807) is 0 Å². The first kappa shape index (κ1) is 26.9. The number of hydrogen-bond acceptors (Lipinski definition) is 5. The van der Waals surface area contributed by atoms with Crippen LogP contribution >= 0.6 is 0 Å². The van der Waals surface area contributed by atoms with Gasteiger partial charge in [-0.1, -0.05) is 26.7 Å². The molecule has 2 fully saturated rings. The van der Waals surface area contributed by atoms with Crippen molar-refractivity contribution in [2.45, 2.75) is 76.7 Å². The van der Waals surface area contributed by atoms with Crippen molar-refractivity contribution in [3.63, 3.8) is 0 Å². The van der Waals surface area contributed by atoms with Crippen LogP contribution in [0, 0.1) is 18.8 Å². The molecule has 3 aromatic rings. The summed E-state index contributed by atoms with van der Waals surface area (Å²) in [5.41, 5.74) is 0.815. The van der Waals surface area contributed by atoms with Crippen LogP contribution in [0.2, 0.25) is 0 Å². The lowest BCUT2D eigenvalue weighted by Gasteiger charge is -2.32. The van der Waals surface area contributed by atoms with Crippen molar-refractivity contribution in [1.29, 1.82) is 0 Å². The number of alkyl halides is 2. The average molecular weight is 544 g/mol. The van der Waals surface area contributed by atoms with Gasteiger partial charge in [-0.2, -0.15) is 4.98 Å². The molecule has 0 amide bonds. The number of halogens is 2. The fraction of sp³-hybridized carbons (Fsp3) is 0.536. The SMILES string of the molecule is Cc1cc(S(=O)N2CCC(C(C)C)CC2)ccc1Nc1ncc2cc(C(F)F)c(=O)n(C3CCCC3)c2n1. The predicted molar refractivity (Wildman–Crippen MR) is 146 cm³/mol. The number of benzene rings is 1. The van der Waals surface area contributed by atoms with E-state index in [0.717, 1.165) is 67.8 Å². The third-order valence-corrected chi connectivity index (χ3v) is 9.54. The van der Waals surface area contributed by atoms with Crippen LogP contribution in [0.25, 0.3) is 11.0 Å². The maximum absolute atomic E-state index is 13.6. The van der Waals surface area contributed by atoms with Crippen LogP contribution in [0.1, 0.15) is 76.0 Å². The molecule has 204 valence electrons. The number of anilines is 2. The number of pyridine rings is 1. The van der Waals surface area contributed by atoms with E-state index in [1.807, 2.05) is 29.4 Å². The van der Waals surface area contributed by atoms with Crippen LogP contribution in [-0.4, -0.2) is 36.1 Å². The Morgan fingerprint density at radius 3 is 2.42 bits per heavy atom. The molecule has 1 saturated heterocycles. The largest absolute Gasteiger partial charge is 0.324 e. The highest BCUT2D eigenvalue weighted by Crippen LogP contribution is 2.32. The average Bonchev–Trinajstić information content (AvgIpc) is 3.43. The van der Waals surface area contributed by atoms with Crippen LogP contribution in [0.5, 0.6) is 0 Å². The van der Waals surface area contributed by atoms with Crippen molar-refractivity contribution in [2.75, 3.05) is 18.4 Å². The van der Waals surface area contributed by atoms with Crippen LogP contribution in [-0.2, 0) is 11.0 Å². The molecule has 0 radical (unpaired) electrons. The fourth-order valence-corrected chi connectivity index (χ4v) is 7.02. The number of aromatic nitrogens is 3. The summed E-state index contributed by atoms with van der Waals surface area (Å²) >= 11 is 0. The van der Waals surface area contributed by atoms with Crippen LogP contribution in [0.4, 0.5) is 20.4 Å². The molecule has 2 aliphatic rings. The molecule has 1 aliphatic carbocycles. The van der Waals surface area contributed by atoms with E-state index in [0.29, 0.717) is 22.9 Å². The van der Waals surface area contributed by atoms with Crippen LogP contribution in [0.15, 0.2) is 40.2 Å². The molecule has 7 nitrogen and oxygen atoms in total. The Bertz CT molecular complexity index is 1400. The molecular formula is C28H35F2N5O2S. The molecule has 1 aromatic carbocycles. The number of nitrogens with one attached hydrogen (secondary N) is 1. The highest BCUT2D eigenvalue weighted by atomic mass is 32.2. The Kier molecular flexibility index (Phi) is 7.90. The van der Waals surface area contributed by atoms with Crippen molar-refractivity contribution in [1.82, 2.24) is 18.8 Å². The summed E-state index contributed by atoms with van der Waals surface area (Å²) in [5.74, 6) is 1.61. The fourth-order valence-electron chi connectivity index (χ4n) is 5.72. The van der Waals surface area contributed by atoms with Gasteiger partial charge in [0.15, 0.2) is 0 Å². The number of piperidine rings is 1. The minimum Gasteiger partial charge on any atom is -0.324 e. The van der Waals surface area contributed by atoms with Gasteiger partial charge in [-0.15, -0.1) is 0 Å². The molecule has 10 heteroatoms. The molecule has 0 bridgehead atoms. The summed E-state index contributed by atoms with van der Waals surface area (Å²) in [5, 5.41) is 3.62. The molecule has 1 atom stereocenters. The van der Waals surface area contributed by atoms with Crippen molar-refractivity contribution in [2.24, 2.45) is 11.8 Å². The van der Waals surface area contributed by atoms with Gasteiger partial charge in [-0.05, 0) is 74.3 Å². The van der Waals surface area contributed by atoms with E-state index >= 15 is 0 Å². The van der Waals surface area contributed by atoms with Gasteiger partial charge in [0.05, 0.1) is 10.5 Å². The first-order chi connectivity index (χ1) is 18.2. The maximum atomic E-state index is 13.6. The molecule has 3 heterocycles. The van der Waals surface area contributed by atoms with E-state index in [4.69, 9.17) is 0 Å². The van der Waals surface area contributed by atoms with Crippen molar-refractivity contribution in [3.8, 4) is 0 Å². The predicted octanol–water partition coefficient (Wildman–Crippen LogP) is 6.29. The lowest BCUT2D eigenvalue weighted by Crippen LogP contribution is -2.36. The van der Waals surface area contributed by atoms with Crippen LogP contribution in [0.3, 0.4) is 0 Å². The number of nitrogens with zero attached hydrogens (tertiary/aromatic N) is 4. The van der Waals surface area contributed by atoms with Gasteiger partial charge in [0.1, 0.15) is 16.6 Å². The Morgan fingerprint density at radius 1 is 1.08 bits per heavy atom. The van der Waals surface area contributed by atoms with E-state index in [9.17, 15) is 17.8 Å².